The summed E-state index contributed by atoms with van der Waals surface area (Å²) in [6.07, 6.45) is 8.75. The highest BCUT2D eigenvalue weighted by atomic mass is 16.2. The third-order valence-electron chi connectivity index (χ3n) is 3.94. The summed E-state index contributed by atoms with van der Waals surface area (Å²) >= 11 is 0. The third kappa shape index (κ3) is 3.67. The molecule has 3 heterocycles. The zero-order valence-corrected chi connectivity index (χ0v) is 12.6. The van der Waals surface area contributed by atoms with E-state index in [1.54, 1.807) is 18.6 Å². The Morgan fingerprint density at radius 3 is 2.82 bits per heavy atom. The number of likely N-dealkylation sites (tertiary alicyclic amines) is 1. The van der Waals surface area contributed by atoms with Crippen molar-refractivity contribution in [2.24, 2.45) is 7.05 Å². The maximum absolute atomic E-state index is 12.0. The minimum absolute atomic E-state index is 0.0446. The second-order valence-electron chi connectivity index (χ2n) is 5.60. The summed E-state index contributed by atoms with van der Waals surface area (Å²) in [4.78, 5) is 22.1. The van der Waals surface area contributed by atoms with E-state index < -0.39 is 0 Å². The molecule has 7 heteroatoms. The van der Waals surface area contributed by atoms with Crippen molar-refractivity contribution in [3.63, 3.8) is 0 Å². The van der Waals surface area contributed by atoms with Gasteiger partial charge in [0.15, 0.2) is 5.82 Å². The van der Waals surface area contributed by atoms with Crippen LogP contribution in [-0.2, 0) is 11.8 Å². The maximum atomic E-state index is 12.0. The van der Waals surface area contributed by atoms with Crippen LogP contribution in [0.4, 0.5) is 5.82 Å². The zero-order chi connectivity index (χ0) is 15.4. The molecule has 1 aliphatic heterocycles. The van der Waals surface area contributed by atoms with E-state index in [-0.39, 0.29) is 5.91 Å². The summed E-state index contributed by atoms with van der Waals surface area (Å²) in [5.74, 6) is 0.952. The average molecular weight is 300 g/mol. The molecule has 0 aliphatic carbocycles. The van der Waals surface area contributed by atoms with Gasteiger partial charge in [-0.2, -0.15) is 5.10 Å². The van der Waals surface area contributed by atoms with Crippen LogP contribution in [0.25, 0.3) is 0 Å². The molecule has 3 rings (SSSR count). The topological polar surface area (TPSA) is 75.9 Å². The van der Waals surface area contributed by atoms with E-state index in [2.05, 4.69) is 31.3 Å². The van der Waals surface area contributed by atoms with Crippen molar-refractivity contribution in [1.82, 2.24) is 24.6 Å². The van der Waals surface area contributed by atoms with Gasteiger partial charge in [0.1, 0.15) is 0 Å². The Morgan fingerprint density at radius 1 is 1.36 bits per heavy atom. The summed E-state index contributed by atoms with van der Waals surface area (Å²) < 4.78 is 1.84. The molecule has 0 radical (unpaired) electrons. The molecule has 0 bridgehead atoms. The Balaban J connectivity index is 1.46. The Bertz CT molecular complexity index is 618. The predicted octanol–water partition coefficient (Wildman–Crippen LogP) is 1.03. The largest absolute Gasteiger partial charge is 0.308 e. The summed E-state index contributed by atoms with van der Waals surface area (Å²) in [5, 5.41) is 7.25. The van der Waals surface area contributed by atoms with Crippen molar-refractivity contribution in [1.29, 1.82) is 0 Å². The van der Waals surface area contributed by atoms with E-state index in [1.807, 2.05) is 17.9 Å². The molecule has 0 aromatic carbocycles. The molecular weight excluding hydrogens is 280 g/mol. The highest BCUT2D eigenvalue weighted by molar-refractivity contribution is 5.91. The van der Waals surface area contributed by atoms with Gasteiger partial charge >= 0.3 is 0 Å². The van der Waals surface area contributed by atoms with Gasteiger partial charge in [-0.15, -0.1) is 0 Å². The maximum Gasteiger partial charge on any atom is 0.239 e. The minimum Gasteiger partial charge on any atom is -0.308 e. The molecule has 7 nitrogen and oxygen atoms in total. The van der Waals surface area contributed by atoms with Gasteiger partial charge in [0, 0.05) is 31.6 Å². The van der Waals surface area contributed by atoms with E-state index >= 15 is 0 Å². The number of hydrogen-bond acceptors (Lipinski definition) is 5. The molecule has 1 fully saturated rings. The van der Waals surface area contributed by atoms with Gasteiger partial charge in [0.25, 0.3) is 0 Å². The first-order valence-corrected chi connectivity index (χ1v) is 7.48. The van der Waals surface area contributed by atoms with E-state index in [0.717, 1.165) is 31.6 Å². The third-order valence-corrected chi connectivity index (χ3v) is 3.94. The summed E-state index contributed by atoms with van der Waals surface area (Å²) in [5.41, 5.74) is 1.16. The van der Waals surface area contributed by atoms with Gasteiger partial charge in [0.05, 0.1) is 18.4 Å². The molecule has 1 N–H and O–H groups in total. The lowest BCUT2D eigenvalue weighted by Gasteiger charge is -2.30. The molecule has 1 aliphatic rings. The van der Waals surface area contributed by atoms with Crippen molar-refractivity contribution in [2.45, 2.75) is 18.8 Å². The normalized spacial score (nSPS) is 16.6. The van der Waals surface area contributed by atoms with Gasteiger partial charge < -0.3 is 5.32 Å². The number of nitrogens with zero attached hydrogens (tertiary/aromatic N) is 5. The molecule has 2 aromatic rings. The number of hydrogen-bond donors (Lipinski definition) is 1. The number of anilines is 1. The number of aryl methyl sites for hydroxylation is 1. The van der Waals surface area contributed by atoms with Crippen molar-refractivity contribution in [3.05, 3.63) is 36.5 Å². The monoisotopic (exact) mass is 300 g/mol. The van der Waals surface area contributed by atoms with E-state index in [1.165, 1.54) is 0 Å². The number of rotatable bonds is 4. The van der Waals surface area contributed by atoms with Gasteiger partial charge in [-0.3, -0.25) is 19.4 Å². The summed E-state index contributed by atoms with van der Waals surface area (Å²) in [6.45, 7) is 2.22. The van der Waals surface area contributed by atoms with Crippen LogP contribution in [0.5, 0.6) is 0 Å². The standard InChI is InChI=1S/C15H20N6O/c1-20-7-4-13(19-20)12-2-8-21(9-3-12)11-15(22)18-14-10-16-5-6-17-14/h4-7,10,12H,2-3,8-9,11H2,1H3,(H,17,18,22). The molecule has 0 atom stereocenters. The minimum atomic E-state index is -0.0446. The molecule has 116 valence electrons. The molecular formula is C15H20N6O. The number of carbonyl (C=O) groups excluding carboxylic acids is 1. The molecule has 0 saturated carbocycles. The molecule has 0 spiro atoms. The van der Waals surface area contributed by atoms with Gasteiger partial charge in [-0.05, 0) is 32.0 Å². The van der Waals surface area contributed by atoms with Crippen LogP contribution in [0.3, 0.4) is 0 Å². The molecule has 1 amide bonds. The fraction of sp³-hybridized carbons (Fsp3) is 0.467. The highest BCUT2D eigenvalue weighted by Gasteiger charge is 2.23. The van der Waals surface area contributed by atoms with Crippen LogP contribution >= 0.6 is 0 Å². The van der Waals surface area contributed by atoms with Crippen molar-refractivity contribution < 1.29 is 4.79 Å². The predicted molar refractivity (Wildman–Crippen MR) is 82.3 cm³/mol. The van der Waals surface area contributed by atoms with Crippen LogP contribution in [-0.4, -0.2) is 50.2 Å². The van der Waals surface area contributed by atoms with E-state index in [9.17, 15) is 4.79 Å². The lowest BCUT2D eigenvalue weighted by Crippen LogP contribution is -2.38. The second-order valence-corrected chi connectivity index (χ2v) is 5.60. The van der Waals surface area contributed by atoms with Crippen LogP contribution in [0, 0.1) is 0 Å². The first-order valence-electron chi connectivity index (χ1n) is 7.48. The van der Waals surface area contributed by atoms with Gasteiger partial charge in [-0.25, -0.2) is 4.98 Å². The SMILES string of the molecule is Cn1ccc(C2CCN(CC(=O)Nc3cnccn3)CC2)n1. The van der Waals surface area contributed by atoms with Crippen molar-refractivity contribution in [3.8, 4) is 0 Å². The average Bonchev–Trinajstić information content (AvgIpc) is 2.95. The second kappa shape index (κ2) is 6.65. The molecule has 1 saturated heterocycles. The van der Waals surface area contributed by atoms with Crippen LogP contribution < -0.4 is 5.32 Å². The number of nitrogens with one attached hydrogen (secondary N) is 1. The van der Waals surface area contributed by atoms with Crippen LogP contribution in [0.2, 0.25) is 0 Å². The van der Waals surface area contributed by atoms with Crippen molar-refractivity contribution in [2.75, 3.05) is 25.0 Å². The molecule has 22 heavy (non-hydrogen) atoms. The number of piperidine rings is 1. The smallest absolute Gasteiger partial charge is 0.239 e. The Kier molecular flexibility index (Phi) is 4.43. The van der Waals surface area contributed by atoms with Crippen LogP contribution in [0.15, 0.2) is 30.9 Å². The van der Waals surface area contributed by atoms with Crippen molar-refractivity contribution >= 4 is 11.7 Å². The van der Waals surface area contributed by atoms with Gasteiger partial charge in [0.2, 0.25) is 5.91 Å². The lowest BCUT2D eigenvalue weighted by molar-refractivity contribution is -0.117. The summed E-state index contributed by atoms with van der Waals surface area (Å²) in [6, 6.07) is 2.08. The van der Waals surface area contributed by atoms with E-state index in [4.69, 9.17) is 0 Å². The fourth-order valence-corrected chi connectivity index (χ4v) is 2.79. The fourth-order valence-electron chi connectivity index (χ4n) is 2.79. The zero-order valence-electron chi connectivity index (χ0n) is 12.6. The van der Waals surface area contributed by atoms with E-state index in [0.29, 0.717) is 18.3 Å². The first-order chi connectivity index (χ1) is 10.7. The highest BCUT2D eigenvalue weighted by Crippen LogP contribution is 2.26. The Hall–Kier alpha value is -2.28. The first kappa shape index (κ1) is 14.6. The molecule has 2 aromatic heterocycles. The Labute approximate surface area is 129 Å². The number of carbonyl (C=O) groups is 1. The van der Waals surface area contributed by atoms with Gasteiger partial charge in [-0.1, -0.05) is 0 Å². The molecule has 0 unspecified atom stereocenters. The quantitative estimate of drug-likeness (QED) is 0.912. The van der Waals surface area contributed by atoms with Crippen LogP contribution in [0.1, 0.15) is 24.5 Å². The number of aromatic nitrogens is 4. The Morgan fingerprint density at radius 2 is 2.18 bits per heavy atom. The number of amides is 1. The summed E-state index contributed by atoms with van der Waals surface area (Å²) in [7, 11) is 1.94. The lowest BCUT2D eigenvalue weighted by atomic mass is 9.94.